The largest absolute Gasteiger partial charge is 0.383 e. The second-order valence-corrected chi connectivity index (χ2v) is 6.68. The molecule has 2 fully saturated rings. The molecule has 2 unspecified atom stereocenters. The van der Waals surface area contributed by atoms with Crippen LogP contribution in [0, 0.1) is 5.41 Å². The van der Waals surface area contributed by atoms with Gasteiger partial charge >= 0.3 is 0 Å². The molecule has 0 amide bonds. The molecule has 118 valence electrons. The lowest BCUT2D eigenvalue weighted by molar-refractivity contribution is -0.0363. The van der Waals surface area contributed by atoms with Crippen LogP contribution in [-0.4, -0.2) is 63.5 Å². The Hall–Kier alpha value is -0.160. The minimum absolute atomic E-state index is 0.291. The summed E-state index contributed by atoms with van der Waals surface area (Å²) in [5.41, 5.74) is 0.291. The van der Waals surface area contributed by atoms with Gasteiger partial charge in [0.15, 0.2) is 0 Å². The Morgan fingerprint density at radius 2 is 2.25 bits per heavy atom. The Morgan fingerprint density at radius 1 is 1.45 bits per heavy atom. The zero-order chi connectivity index (χ0) is 14.4. The summed E-state index contributed by atoms with van der Waals surface area (Å²) in [5, 5.41) is 3.73. The number of nitrogens with one attached hydrogen (secondary N) is 1. The van der Waals surface area contributed by atoms with E-state index in [0.29, 0.717) is 11.5 Å². The Morgan fingerprint density at radius 3 is 2.80 bits per heavy atom. The average Bonchev–Trinajstić information content (AvgIpc) is 3.28. The summed E-state index contributed by atoms with van der Waals surface area (Å²) in [7, 11) is 1.79. The van der Waals surface area contributed by atoms with E-state index < -0.39 is 0 Å². The van der Waals surface area contributed by atoms with E-state index in [1.807, 2.05) is 0 Å². The van der Waals surface area contributed by atoms with Crippen molar-refractivity contribution >= 4 is 0 Å². The number of nitrogens with zero attached hydrogens (tertiary/aromatic N) is 1. The maximum atomic E-state index is 5.83. The van der Waals surface area contributed by atoms with Crippen LogP contribution in [-0.2, 0) is 9.47 Å². The van der Waals surface area contributed by atoms with Crippen molar-refractivity contribution in [2.75, 3.05) is 46.6 Å². The molecule has 2 atom stereocenters. The predicted octanol–water partition coefficient (Wildman–Crippen LogP) is 1.89. The van der Waals surface area contributed by atoms with E-state index in [9.17, 15) is 0 Å². The van der Waals surface area contributed by atoms with Crippen molar-refractivity contribution in [1.29, 1.82) is 0 Å². The molecule has 1 N–H and O–H groups in total. The molecule has 0 aromatic rings. The molecule has 2 rings (SSSR count). The van der Waals surface area contributed by atoms with Gasteiger partial charge in [0.05, 0.1) is 13.2 Å². The third kappa shape index (κ3) is 4.69. The second kappa shape index (κ2) is 7.74. The van der Waals surface area contributed by atoms with Gasteiger partial charge in [0.1, 0.15) is 0 Å². The van der Waals surface area contributed by atoms with E-state index >= 15 is 0 Å². The lowest BCUT2D eigenvalue weighted by Gasteiger charge is -2.42. The number of likely N-dealkylation sites (N-methyl/N-ethyl adjacent to an activating group) is 1. The standard InChI is InChI=1S/C16H32N2O2/c1-4-18(14(2)10-19-3)12-16(8-5-9-20-13-16)11-17-15-6-7-15/h14-15,17H,4-13H2,1-3H3. The zero-order valence-corrected chi connectivity index (χ0v) is 13.5. The first-order valence-electron chi connectivity index (χ1n) is 8.23. The van der Waals surface area contributed by atoms with Crippen LogP contribution in [0.25, 0.3) is 0 Å². The van der Waals surface area contributed by atoms with Gasteiger partial charge in [-0.2, -0.15) is 0 Å². The van der Waals surface area contributed by atoms with Crippen LogP contribution in [0.15, 0.2) is 0 Å². The van der Waals surface area contributed by atoms with Gasteiger partial charge in [-0.3, -0.25) is 4.90 Å². The van der Waals surface area contributed by atoms with Gasteiger partial charge in [0, 0.05) is 44.3 Å². The monoisotopic (exact) mass is 284 g/mol. The summed E-state index contributed by atoms with van der Waals surface area (Å²) < 4.78 is 11.2. The van der Waals surface area contributed by atoms with Crippen LogP contribution < -0.4 is 5.32 Å². The Balaban J connectivity index is 1.93. The van der Waals surface area contributed by atoms with Gasteiger partial charge in [0.25, 0.3) is 0 Å². The number of hydrogen-bond acceptors (Lipinski definition) is 4. The number of methoxy groups -OCH3 is 1. The third-order valence-corrected chi connectivity index (χ3v) is 4.72. The highest BCUT2D eigenvalue weighted by atomic mass is 16.5. The van der Waals surface area contributed by atoms with E-state index in [2.05, 4.69) is 24.1 Å². The zero-order valence-electron chi connectivity index (χ0n) is 13.5. The Kier molecular flexibility index (Phi) is 6.27. The van der Waals surface area contributed by atoms with Crippen LogP contribution in [0.1, 0.15) is 39.5 Å². The van der Waals surface area contributed by atoms with Gasteiger partial charge < -0.3 is 14.8 Å². The van der Waals surface area contributed by atoms with Crippen molar-refractivity contribution in [3.8, 4) is 0 Å². The first kappa shape index (κ1) is 16.2. The highest BCUT2D eigenvalue weighted by Gasteiger charge is 2.37. The molecule has 0 spiro atoms. The number of rotatable bonds is 9. The lowest BCUT2D eigenvalue weighted by Crippen LogP contribution is -2.52. The van der Waals surface area contributed by atoms with Gasteiger partial charge in [0.2, 0.25) is 0 Å². The molecule has 0 aromatic heterocycles. The van der Waals surface area contributed by atoms with Crippen molar-refractivity contribution in [3.63, 3.8) is 0 Å². The fraction of sp³-hybridized carbons (Fsp3) is 1.00. The Bertz CT molecular complexity index is 276. The molecule has 1 saturated heterocycles. The molecule has 0 bridgehead atoms. The highest BCUT2D eigenvalue weighted by molar-refractivity contribution is 4.91. The van der Waals surface area contributed by atoms with Crippen molar-refractivity contribution in [1.82, 2.24) is 10.2 Å². The van der Waals surface area contributed by atoms with E-state index in [0.717, 1.165) is 45.5 Å². The van der Waals surface area contributed by atoms with Gasteiger partial charge in [-0.25, -0.2) is 0 Å². The van der Waals surface area contributed by atoms with Crippen molar-refractivity contribution in [2.24, 2.45) is 5.41 Å². The van der Waals surface area contributed by atoms with E-state index in [-0.39, 0.29) is 0 Å². The molecule has 0 aromatic carbocycles. The molecular weight excluding hydrogens is 252 g/mol. The topological polar surface area (TPSA) is 33.7 Å². The van der Waals surface area contributed by atoms with Crippen molar-refractivity contribution in [2.45, 2.75) is 51.6 Å². The molecule has 4 heteroatoms. The molecule has 0 radical (unpaired) electrons. The summed E-state index contributed by atoms with van der Waals surface area (Å²) in [6.07, 6.45) is 5.19. The summed E-state index contributed by atoms with van der Waals surface area (Å²) in [4.78, 5) is 2.55. The fourth-order valence-corrected chi connectivity index (χ4v) is 3.24. The maximum absolute atomic E-state index is 5.83. The molecule has 20 heavy (non-hydrogen) atoms. The fourth-order valence-electron chi connectivity index (χ4n) is 3.24. The second-order valence-electron chi connectivity index (χ2n) is 6.68. The normalized spacial score (nSPS) is 28.8. The highest BCUT2D eigenvalue weighted by Crippen LogP contribution is 2.31. The van der Waals surface area contributed by atoms with Crippen LogP contribution in [0.4, 0.5) is 0 Å². The average molecular weight is 284 g/mol. The minimum Gasteiger partial charge on any atom is -0.383 e. The van der Waals surface area contributed by atoms with Crippen molar-refractivity contribution in [3.05, 3.63) is 0 Å². The molecule has 1 heterocycles. The quantitative estimate of drug-likeness (QED) is 0.701. The number of hydrogen-bond donors (Lipinski definition) is 1. The predicted molar refractivity (Wildman–Crippen MR) is 82.1 cm³/mol. The maximum Gasteiger partial charge on any atom is 0.0615 e. The smallest absolute Gasteiger partial charge is 0.0615 e. The summed E-state index contributed by atoms with van der Waals surface area (Å²) in [5.74, 6) is 0. The molecule has 1 aliphatic carbocycles. The van der Waals surface area contributed by atoms with E-state index in [4.69, 9.17) is 9.47 Å². The van der Waals surface area contributed by atoms with Gasteiger partial charge in [-0.1, -0.05) is 6.92 Å². The van der Waals surface area contributed by atoms with Crippen LogP contribution in [0.5, 0.6) is 0 Å². The molecule has 1 saturated carbocycles. The minimum atomic E-state index is 0.291. The first-order chi connectivity index (χ1) is 9.69. The summed E-state index contributed by atoms with van der Waals surface area (Å²) in [6, 6.07) is 1.25. The number of ether oxygens (including phenoxy) is 2. The van der Waals surface area contributed by atoms with E-state index in [1.54, 1.807) is 7.11 Å². The van der Waals surface area contributed by atoms with Gasteiger partial charge in [-0.15, -0.1) is 0 Å². The summed E-state index contributed by atoms with van der Waals surface area (Å²) in [6.45, 7) is 10.5. The Labute approximate surface area is 124 Å². The van der Waals surface area contributed by atoms with Crippen molar-refractivity contribution < 1.29 is 9.47 Å². The molecule has 4 nitrogen and oxygen atoms in total. The molecule has 1 aliphatic heterocycles. The van der Waals surface area contributed by atoms with Gasteiger partial charge in [-0.05, 0) is 39.2 Å². The van der Waals surface area contributed by atoms with Crippen LogP contribution >= 0.6 is 0 Å². The molecule has 2 aliphatic rings. The third-order valence-electron chi connectivity index (χ3n) is 4.72. The van der Waals surface area contributed by atoms with Crippen LogP contribution in [0.3, 0.4) is 0 Å². The first-order valence-corrected chi connectivity index (χ1v) is 8.23. The molecular formula is C16H32N2O2. The van der Waals surface area contributed by atoms with Crippen LogP contribution in [0.2, 0.25) is 0 Å². The summed E-state index contributed by atoms with van der Waals surface area (Å²) >= 11 is 0. The SMILES string of the molecule is CCN(CC1(CNC2CC2)CCCOC1)C(C)COC. The van der Waals surface area contributed by atoms with E-state index in [1.165, 1.54) is 25.7 Å². The lowest BCUT2D eigenvalue weighted by atomic mass is 9.81.